The number of carboxylic acids is 1. The summed E-state index contributed by atoms with van der Waals surface area (Å²) in [5, 5.41) is 9.51. The third kappa shape index (κ3) is 3.95. The topological polar surface area (TPSA) is 40.5 Å². The van der Waals surface area contributed by atoms with Crippen molar-refractivity contribution in [1.82, 2.24) is 4.90 Å². The summed E-state index contributed by atoms with van der Waals surface area (Å²) in [4.78, 5) is 14.0. The van der Waals surface area contributed by atoms with Gasteiger partial charge in [-0.05, 0) is 32.7 Å². The summed E-state index contributed by atoms with van der Waals surface area (Å²) < 4.78 is 0. The van der Waals surface area contributed by atoms with Crippen LogP contribution in [0.4, 0.5) is 0 Å². The van der Waals surface area contributed by atoms with Crippen LogP contribution in [-0.4, -0.2) is 35.1 Å². The van der Waals surface area contributed by atoms with Crippen LogP contribution < -0.4 is 0 Å². The maximum Gasteiger partial charge on any atom is 0.308 e. The molecule has 0 aromatic carbocycles. The Morgan fingerprint density at radius 2 is 1.42 bits per heavy atom. The molecule has 0 bridgehead atoms. The number of carbonyl (C=O) groups is 1. The molecule has 2 atom stereocenters. The lowest BCUT2D eigenvalue weighted by atomic mass is 9.91. The fourth-order valence-electron chi connectivity index (χ4n) is 4.00. The molecule has 3 heteroatoms. The van der Waals surface area contributed by atoms with E-state index >= 15 is 0 Å². The molecule has 0 aromatic rings. The molecule has 0 amide bonds. The van der Waals surface area contributed by atoms with Crippen molar-refractivity contribution < 1.29 is 9.90 Å². The molecule has 0 spiro atoms. The first-order valence-corrected chi connectivity index (χ1v) is 8.15. The molecule has 0 heterocycles. The lowest BCUT2D eigenvalue weighted by molar-refractivity contribution is -0.144. The van der Waals surface area contributed by atoms with Gasteiger partial charge in [0.1, 0.15) is 0 Å². The fraction of sp³-hybridized carbons (Fsp3) is 0.938. The van der Waals surface area contributed by atoms with Crippen molar-refractivity contribution in [2.45, 2.75) is 82.7 Å². The van der Waals surface area contributed by atoms with E-state index in [2.05, 4.69) is 11.9 Å². The Balaban J connectivity index is 2.04. The smallest absolute Gasteiger partial charge is 0.308 e. The van der Waals surface area contributed by atoms with Crippen LogP contribution in [0.3, 0.4) is 0 Å². The first-order valence-electron chi connectivity index (χ1n) is 8.15. The minimum Gasteiger partial charge on any atom is -0.481 e. The van der Waals surface area contributed by atoms with Gasteiger partial charge in [-0.3, -0.25) is 9.69 Å². The average Bonchev–Trinajstić information content (AvgIpc) is 2.80. The molecular weight excluding hydrogens is 238 g/mol. The highest BCUT2D eigenvalue weighted by Gasteiger charge is 2.34. The molecule has 110 valence electrons. The van der Waals surface area contributed by atoms with E-state index in [1.54, 1.807) is 0 Å². The molecule has 2 rings (SSSR count). The Morgan fingerprint density at radius 3 is 2.05 bits per heavy atom. The quantitative estimate of drug-likeness (QED) is 0.793. The molecule has 2 unspecified atom stereocenters. The van der Waals surface area contributed by atoms with Gasteiger partial charge in [-0.1, -0.05) is 44.9 Å². The van der Waals surface area contributed by atoms with Crippen LogP contribution in [0.15, 0.2) is 0 Å². The summed E-state index contributed by atoms with van der Waals surface area (Å²) in [6.07, 6.45) is 13.3. The molecule has 1 N–H and O–H groups in total. The van der Waals surface area contributed by atoms with E-state index in [0.29, 0.717) is 6.04 Å². The number of hydrogen-bond donors (Lipinski definition) is 1. The number of hydrogen-bond acceptors (Lipinski definition) is 2. The normalized spacial score (nSPS) is 30.8. The van der Waals surface area contributed by atoms with Crippen LogP contribution in [0.25, 0.3) is 0 Å². The van der Waals surface area contributed by atoms with E-state index in [9.17, 15) is 9.90 Å². The summed E-state index contributed by atoms with van der Waals surface area (Å²) >= 11 is 0. The molecule has 0 aromatic heterocycles. The third-order valence-corrected chi connectivity index (χ3v) is 5.22. The monoisotopic (exact) mass is 267 g/mol. The van der Waals surface area contributed by atoms with Crippen LogP contribution in [0.2, 0.25) is 0 Å². The summed E-state index contributed by atoms with van der Waals surface area (Å²) in [6, 6.07) is 0.885. The van der Waals surface area contributed by atoms with Gasteiger partial charge >= 0.3 is 5.97 Å². The van der Waals surface area contributed by atoms with Gasteiger partial charge in [0, 0.05) is 12.1 Å². The van der Waals surface area contributed by atoms with Gasteiger partial charge in [-0.2, -0.15) is 0 Å². The fourth-order valence-corrected chi connectivity index (χ4v) is 4.00. The molecule has 2 fully saturated rings. The van der Waals surface area contributed by atoms with Crippen LogP contribution >= 0.6 is 0 Å². The van der Waals surface area contributed by atoms with Gasteiger partial charge in [0.2, 0.25) is 0 Å². The van der Waals surface area contributed by atoms with Crippen LogP contribution in [0, 0.1) is 5.92 Å². The van der Waals surface area contributed by atoms with Gasteiger partial charge in [-0.15, -0.1) is 0 Å². The maximum absolute atomic E-state index is 11.5. The molecule has 2 aliphatic carbocycles. The van der Waals surface area contributed by atoms with Crippen LogP contribution in [0.5, 0.6) is 0 Å². The average molecular weight is 267 g/mol. The highest BCUT2D eigenvalue weighted by molar-refractivity contribution is 5.70. The summed E-state index contributed by atoms with van der Waals surface area (Å²) in [7, 11) is 2.18. The molecule has 0 saturated heterocycles. The summed E-state index contributed by atoms with van der Waals surface area (Å²) in [5.41, 5.74) is 0. The van der Waals surface area contributed by atoms with E-state index in [0.717, 1.165) is 19.3 Å². The van der Waals surface area contributed by atoms with Crippen molar-refractivity contribution in [3.05, 3.63) is 0 Å². The molecule has 19 heavy (non-hydrogen) atoms. The molecule has 0 radical (unpaired) electrons. The van der Waals surface area contributed by atoms with Crippen molar-refractivity contribution in [3.8, 4) is 0 Å². The summed E-state index contributed by atoms with van der Waals surface area (Å²) in [5.74, 6) is -0.719. The highest BCUT2D eigenvalue weighted by atomic mass is 16.4. The second kappa shape index (κ2) is 7.28. The molecule has 3 nitrogen and oxygen atoms in total. The number of rotatable bonds is 3. The van der Waals surface area contributed by atoms with E-state index in [-0.39, 0.29) is 12.0 Å². The second-order valence-electron chi connectivity index (χ2n) is 6.46. The van der Waals surface area contributed by atoms with Crippen molar-refractivity contribution in [2.75, 3.05) is 7.05 Å². The highest BCUT2D eigenvalue weighted by Crippen LogP contribution is 2.31. The third-order valence-electron chi connectivity index (χ3n) is 5.22. The van der Waals surface area contributed by atoms with E-state index < -0.39 is 5.97 Å². The second-order valence-corrected chi connectivity index (χ2v) is 6.46. The Bertz CT molecular complexity index is 284. The Labute approximate surface area is 117 Å². The van der Waals surface area contributed by atoms with Crippen molar-refractivity contribution >= 4 is 5.97 Å². The zero-order valence-electron chi connectivity index (χ0n) is 12.3. The molecule has 2 saturated carbocycles. The predicted octanol–water partition coefficient (Wildman–Crippen LogP) is 3.67. The standard InChI is InChI=1S/C16H29NO2/c1-17(13-9-5-2-3-6-10-13)15-12-8-4-7-11-14(15)16(18)19/h13-15H,2-12H2,1H3,(H,18,19). The van der Waals surface area contributed by atoms with E-state index in [4.69, 9.17) is 0 Å². The Kier molecular flexibility index (Phi) is 5.68. The predicted molar refractivity (Wildman–Crippen MR) is 77.3 cm³/mol. The number of nitrogens with zero attached hydrogens (tertiary/aromatic N) is 1. The van der Waals surface area contributed by atoms with Gasteiger partial charge < -0.3 is 5.11 Å². The van der Waals surface area contributed by atoms with Gasteiger partial charge in [0.25, 0.3) is 0 Å². The van der Waals surface area contributed by atoms with Gasteiger partial charge in [0.15, 0.2) is 0 Å². The van der Waals surface area contributed by atoms with Crippen molar-refractivity contribution in [1.29, 1.82) is 0 Å². The van der Waals surface area contributed by atoms with Gasteiger partial charge in [0.05, 0.1) is 5.92 Å². The van der Waals surface area contributed by atoms with E-state index in [1.165, 1.54) is 51.4 Å². The van der Waals surface area contributed by atoms with Crippen LogP contribution in [-0.2, 0) is 4.79 Å². The first kappa shape index (κ1) is 14.8. The number of carboxylic acid groups (broad SMARTS) is 1. The minimum absolute atomic E-state index is 0.143. The largest absolute Gasteiger partial charge is 0.481 e. The van der Waals surface area contributed by atoms with Crippen LogP contribution in [0.1, 0.15) is 70.6 Å². The minimum atomic E-state index is -0.577. The first-order chi connectivity index (χ1) is 9.20. The SMILES string of the molecule is CN(C1CCCCCC1)C1CCCCCC1C(=O)O. The zero-order valence-corrected chi connectivity index (χ0v) is 12.3. The summed E-state index contributed by atoms with van der Waals surface area (Å²) in [6.45, 7) is 0. The Hall–Kier alpha value is -0.570. The number of aliphatic carboxylic acids is 1. The lowest BCUT2D eigenvalue weighted by Crippen LogP contribution is -2.46. The molecular formula is C16H29NO2. The maximum atomic E-state index is 11.5. The van der Waals surface area contributed by atoms with Crippen molar-refractivity contribution in [2.24, 2.45) is 5.92 Å². The van der Waals surface area contributed by atoms with E-state index in [1.807, 2.05) is 0 Å². The molecule has 2 aliphatic rings. The van der Waals surface area contributed by atoms with Crippen molar-refractivity contribution in [3.63, 3.8) is 0 Å². The zero-order chi connectivity index (χ0) is 13.7. The molecule has 0 aliphatic heterocycles. The lowest BCUT2D eigenvalue weighted by Gasteiger charge is -2.37. The van der Waals surface area contributed by atoms with Gasteiger partial charge in [-0.25, -0.2) is 0 Å². The Morgan fingerprint density at radius 1 is 0.895 bits per heavy atom.